The van der Waals surface area contributed by atoms with Crippen molar-refractivity contribution < 1.29 is 19.1 Å². The van der Waals surface area contributed by atoms with E-state index in [4.69, 9.17) is 9.47 Å². The molecule has 0 fully saturated rings. The minimum Gasteiger partial charge on any atom is -0.493 e. The second-order valence-corrected chi connectivity index (χ2v) is 6.39. The van der Waals surface area contributed by atoms with Crippen LogP contribution in [-0.4, -0.2) is 34.9 Å². The monoisotopic (exact) mass is 404 g/mol. The van der Waals surface area contributed by atoms with Gasteiger partial charge in [-0.05, 0) is 31.2 Å². The van der Waals surface area contributed by atoms with Crippen LogP contribution in [0.25, 0.3) is 5.69 Å². The van der Waals surface area contributed by atoms with Crippen molar-refractivity contribution in [2.24, 2.45) is 0 Å². The number of carbonyl (C=O) groups is 2. The van der Waals surface area contributed by atoms with Crippen LogP contribution >= 0.6 is 0 Å². The molecule has 3 rings (SSSR count). The van der Waals surface area contributed by atoms with Crippen molar-refractivity contribution in [1.29, 1.82) is 5.26 Å². The number of para-hydroxylation sites is 1. The smallest absolute Gasteiger partial charge is 0.309 e. The summed E-state index contributed by atoms with van der Waals surface area (Å²) < 4.78 is 11.9. The van der Waals surface area contributed by atoms with Crippen LogP contribution in [0.3, 0.4) is 0 Å². The van der Waals surface area contributed by atoms with Crippen LogP contribution in [0.1, 0.15) is 17.5 Å². The lowest BCUT2D eigenvalue weighted by molar-refractivity contribution is -0.147. The number of benzene rings is 2. The van der Waals surface area contributed by atoms with E-state index in [1.54, 1.807) is 12.1 Å². The maximum atomic E-state index is 12.2. The van der Waals surface area contributed by atoms with Gasteiger partial charge in [-0.3, -0.25) is 9.59 Å². The van der Waals surface area contributed by atoms with Gasteiger partial charge in [-0.15, -0.1) is 0 Å². The fourth-order valence-electron chi connectivity index (χ4n) is 2.59. The molecule has 1 N–H and O–H groups in total. The molecule has 0 aliphatic rings. The fourth-order valence-corrected chi connectivity index (χ4v) is 2.59. The summed E-state index contributed by atoms with van der Waals surface area (Å²) in [5, 5.41) is 16.0. The summed E-state index contributed by atoms with van der Waals surface area (Å²) in [6.07, 6.45) is 1.36. The minimum atomic E-state index is -0.572. The third-order valence-corrected chi connectivity index (χ3v) is 4.11. The number of aromatic nitrogens is 2. The van der Waals surface area contributed by atoms with Gasteiger partial charge in [-0.2, -0.15) is 10.4 Å². The fraction of sp³-hybridized carbons (Fsp3) is 0.182. The molecule has 0 bridgehead atoms. The van der Waals surface area contributed by atoms with Gasteiger partial charge in [0.2, 0.25) is 0 Å². The average Bonchev–Trinajstić information content (AvgIpc) is 3.16. The third kappa shape index (κ3) is 5.45. The summed E-state index contributed by atoms with van der Waals surface area (Å²) in [6.45, 7) is 1.63. The molecule has 152 valence electrons. The molecule has 3 aromatic rings. The van der Waals surface area contributed by atoms with E-state index in [2.05, 4.69) is 10.4 Å². The topological polar surface area (TPSA) is 106 Å². The summed E-state index contributed by atoms with van der Waals surface area (Å²) in [6, 6.07) is 18.5. The number of amides is 1. The number of carbonyl (C=O) groups excluding carboxylic acids is 2. The van der Waals surface area contributed by atoms with E-state index >= 15 is 0 Å². The highest BCUT2D eigenvalue weighted by Gasteiger charge is 2.16. The predicted molar refractivity (Wildman–Crippen MR) is 109 cm³/mol. The molecule has 1 amide bonds. The van der Waals surface area contributed by atoms with E-state index in [-0.39, 0.29) is 24.4 Å². The molecule has 0 radical (unpaired) electrons. The summed E-state index contributed by atoms with van der Waals surface area (Å²) >= 11 is 0. The summed E-state index contributed by atoms with van der Waals surface area (Å²) in [4.78, 5) is 24.1. The van der Waals surface area contributed by atoms with Crippen LogP contribution in [0.4, 0.5) is 5.82 Å². The number of aryl methyl sites for hydroxylation is 1. The summed E-state index contributed by atoms with van der Waals surface area (Å²) in [7, 11) is 0. The van der Waals surface area contributed by atoms with Gasteiger partial charge in [0.05, 0.1) is 24.9 Å². The van der Waals surface area contributed by atoms with Gasteiger partial charge in [0.25, 0.3) is 5.91 Å². The Morgan fingerprint density at radius 1 is 1.13 bits per heavy atom. The van der Waals surface area contributed by atoms with Crippen molar-refractivity contribution >= 4 is 17.7 Å². The number of hydrogen-bond acceptors (Lipinski definition) is 6. The number of hydrogen-bond donors (Lipinski definition) is 1. The Kier molecular flexibility index (Phi) is 6.79. The van der Waals surface area contributed by atoms with Crippen molar-refractivity contribution in [2.75, 3.05) is 18.5 Å². The lowest BCUT2D eigenvalue weighted by Crippen LogP contribution is -2.23. The molecule has 1 aromatic heterocycles. The number of ether oxygens (including phenoxy) is 2. The van der Waals surface area contributed by atoms with Gasteiger partial charge in [0.1, 0.15) is 17.4 Å². The molecule has 30 heavy (non-hydrogen) atoms. The van der Waals surface area contributed by atoms with Crippen LogP contribution in [-0.2, 0) is 14.3 Å². The van der Waals surface area contributed by atoms with E-state index in [0.29, 0.717) is 11.4 Å². The molecule has 0 atom stereocenters. The highest BCUT2D eigenvalue weighted by Crippen LogP contribution is 2.19. The molecule has 0 saturated heterocycles. The predicted octanol–water partition coefficient (Wildman–Crippen LogP) is 3.00. The number of nitriles is 1. The number of nitrogens with zero attached hydrogens (tertiary/aromatic N) is 3. The zero-order chi connectivity index (χ0) is 21.3. The lowest BCUT2D eigenvalue weighted by atomic mass is 10.2. The zero-order valence-corrected chi connectivity index (χ0v) is 16.4. The van der Waals surface area contributed by atoms with Gasteiger partial charge in [0, 0.05) is 0 Å². The Morgan fingerprint density at radius 3 is 2.57 bits per heavy atom. The molecule has 1 heterocycles. The Labute approximate surface area is 173 Å². The molecular formula is C22H20N4O4. The van der Waals surface area contributed by atoms with Crippen LogP contribution in [0.2, 0.25) is 0 Å². The molecule has 8 nitrogen and oxygen atoms in total. The van der Waals surface area contributed by atoms with Crippen LogP contribution in [0.5, 0.6) is 5.75 Å². The SMILES string of the molecule is Cc1ccc(OCCC(=O)OCC(=O)Nc2c(C#N)cnn2-c2ccccc2)cc1. The minimum absolute atomic E-state index is 0.00650. The van der Waals surface area contributed by atoms with E-state index in [1.807, 2.05) is 55.5 Å². The Balaban J connectivity index is 1.50. The number of rotatable bonds is 8. The Bertz CT molecular complexity index is 1050. The zero-order valence-electron chi connectivity index (χ0n) is 16.4. The highest BCUT2D eigenvalue weighted by molar-refractivity contribution is 5.93. The van der Waals surface area contributed by atoms with Crippen molar-refractivity contribution in [3.8, 4) is 17.5 Å². The summed E-state index contributed by atoms with van der Waals surface area (Å²) in [5.41, 5.74) is 1.99. The lowest BCUT2D eigenvalue weighted by Gasteiger charge is -2.10. The molecule has 0 aliphatic carbocycles. The van der Waals surface area contributed by atoms with Crippen molar-refractivity contribution in [2.45, 2.75) is 13.3 Å². The normalized spacial score (nSPS) is 10.1. The van der Waals surface area contributed by atoms with Gasteiger partial charge >= 0.3 is 5.97 Å². The molecule has 0 spiro atoms. The molecule has 8 heteroatoms. The number of nitrogens with one attached hydrogen (secondary N) is 1. The standard InChI is InChI=1S/C22H20N4O4/c1-16-7-9-19(10-8-16)29-12-11-21(28)30-15-20(27)25-22-17(13-23)14-24-26(22)18-5-3-2-4-6-18/h2-10,14H,11-12,15H2,1H3,(H,25,27). The van der Waals surface area contributed by atoms with Crippen molar-refractivity contribution in [3.05, 3.63) is 71.9 Å². The second kappa shape index (κ2) is 9.89. The van der Waals surface area contributed by atoms with E-state index in [0.717, 1.165) is 5.56 Å². The van der Waals surface area contributed by atoms with Crippen LogP contribution in [0, 0.1) is 18.3 Å². The van der Waals surface area contributed by atoms with Crippen LogP contribution < -0.4 is 10.1 Å². The van der Waals surface area contributed by atoms with Gasteiger partial charge in [-0.1, -0.05) is 35.9 Å². The third-order valence-electron chi connectivity index (χ3n) is 4.11. The van der Waals surface area contributed by atoms with Gasteiger partial charge in [0.15, 0.2) is 12.4 Å². The van der Waals surface area contributed by atoms with Gasteiger partial charge in [-0.25, -0.2) is 4.68 Å². The molecular weight excluding hydrogens is 384 g/mol. The first kappa shape index (κ1) is 20.6. The highest BCUT2D eigenvalue weighted by atomic mass is 16.5. The first-order valence-corrected chi connectivity index (χ1v) is 9.25. The molecule has 0 unspecified atom stereocenters. The van der Waals surface area contributed by atoms with E-state index in [9.17, 15) is 14.9 Å². The largest absolute Gasteiger partial charge is 0.493 e. The molecule has 2 aromatic carbocycles. The maximum absolute atomic E-state index is 12.2. The van der Waals surface area contributed by atoms with E-state index in [1.165, 1.54) is 10.9 Å². The quantitative estimate of drug-likeness (QED) is 0.579. The second-order valence-electron chi connectivity index (χ2n) is 6.39. The van der Waals surface area contributed by atoms with Crippen molar-refractivity contribution in [3.63, 3.8) is 0 Å². The summed E-state index contributed by atoms with van der Waals surface area (Å²) in [5.74, 6) is -0.261. The Morgan fingerprint density at radius 2 is 1.87 bits per heavy atom. The molecule has 0 aliphatic heterocycles. The maximum Gasteiger partial charge on any atom is 0.309 e. The van der Waals surface area contributed by atoms with Crippen molar-refractivity contribution in [1.82, 2.24) is 9.78 Å². The molecule has 0 saturated carbocycles. The van der Waals surface area contributed by atoms with E-state index < -0.39 is 18.5 Å². The van der Waals surface area contributed by atoms with Gasteiger partial charge < -0.3 is 14.8 Å². The first-order chi connectivity index (χ1) is 14.6. The Hall–Kier alpha value is -4.12. The van der Waals surface area contributed by atoms with Crippen LogP contribution in [0.15, 0.2) is 60.8 Å². The number of esters is 1. The number of anilines is 1. The average molecular weight is 404 g/mol. The first-order valence-electron chi connectivity index (χ1n) is 9.25.